The SMILES string of the molecule is CN=C(NCc1nnc(C)n1C)N1CCN(Cc2ccc(Cl)s2)CC1. The van der Waals surface area contributed by atoms with Crippen molar-refractivity contribution in [2.75, 3.05) is 33.2 Å². The van der Waals surface area contributed by atoms with Crippen LogP contribution < -0.4 is 5.32 Å². The summed E-state index contributed by atoms with van der Waals surface area (Å²) in [6.07, 6.45) is 0. The van der Waals surface area contributed by atoms with Crippen LogP contribution in [0.15, 0.2) is 17.1 Å². The molecule has 9 heteroatoms. The smallest absolute Gasteiger partial charge is 0.194 e. The number of nitrogens with zero attached hydrogens (tertiary/aromatic N) is 6. The molecular weight excluding hydrogens is 358 g/mol. The highest BCUT2D eigenvalue weighted by Gasteiger charge is 2.20. The Hall–Kier alpha value is -1.64. The molecule has 25 heavy (non-hydrogen) atoms. The first-order valence-electron chi connectivity index (χ1n) is 8.34. The van der Waals surface area contributed by atoms with Crippen molar-refractivity contribution in [3.05, 3.63) is 33.0 Å². The number of rotatable bonds is 4. The normalized spacial score (nSPS) is 16.5. The molecule has 1 saturated heterocycles. The van der Waals surface area contributed by atoms with E-state index in [0.717, 1.165) is 54.7 Å². The predicted octanol–water partition coefficient (Wildman–Crippen LogP) is 1.73. The van der Waals surface area contributed by atoms with Crippen molar-refractivity contribution in [2.24, 2.45) is 12.0 Å². The molecule has 1 aliphatic heterocycles. The summed E-state index contributed by atoms with van der Waals surface area (Å²) >= 11 is 7.68. The summed E-state index contributed by atoms with van der Waals surface area (Å²) in [6.45, 7) is 7.48. The van der Waals surface area contributed by atoms with Crippen LogP contribution in [0.5, 0.6) is 0 Å². The number of aryl methyl sites for hydroxylation is 1. The van der Waals surface area contributed by atoms with Crippen LogP contribution in [-0.4, -0.2) is 63.8 Å². The van der Waals surface area contributed by atoms with Crippen molar-refractivity contribution in [3.63, 3.8) is 0 Å². The monoisotopic (exact) mass is 381 g/mol. The van der Waals surface area contributed by atoms with Crippen molar-refractivity contribution in [2.45, 2.75) is 20.0 Å². The summed E-state index contributed by atoms with van der Waals surface area (Å²) in [5.74, 6) is 2.74. The van der Waals surface area contributed by atoms with Crippen LogP contribution in [0.4, 0.5) is 0 Å². The fraction of sp³-hybridized carbons (Fsp3) is 0.562. The number of guanidine groups is 1. The van der Waals surface area contributed by atoms with Gasteiger partial charge in [0.2, 0.25) is 0 Å². The second-order valence-corrected chi connectivity index (χ2v) is 7.89. The van der Waals surface area contributed by atoms with E-state index in [9.17, 15) is 0 Å². The number of thiophene rings is 1. The van der Waals surface area contributed by atoms with E-state index in [1.165, 1.54) is 4.88 Å². The van der Waals surface area contributed by atoms with Gasteiger partial charge in [0.1, 0.15) is 5.82 Å². The van der Waals surface area contributed by atoms with E-state index in [0.29, 0.717) is 6.54 Å². The molecule has 1 N–H and O–H groups in total. The van der Waals surface area contributed by atoms with Gasteiger partial charge in [0.15, 0.2) is 11.8 Å². The van der Waals surface area contributed by atoms with Crippen LogP contribution in [0.2, 0.25) is 4.34 Å². The fourth-order valence-corrected chi connectivity index (χ4v) is 4.00. The average molecular weight is 382 g/mol. The zero-order chi connectivity index (χ0) is 17.8. The predicted molar refractivity (Wildman–Crippen MR) is 102 cm³/mol. The van der Waals surface area contributed by atoms with Crippen LogP contribution in [0.3, 0.4) is 0 Å². The minimum Gasteiger partial charge on any atom is -0.349 e. The first kappa shape index (κ1) is 18.2. The van der Waals surface area contributed by atoms with Gasteiger partial charge in [0.05, 0.1) is 10.9 Å². The Morgan fingerprint density at radius 3 is 2.60 bits per heavy atom. The van der Waals surface area contributed by atoms with Crippen LogP contribution in [0, 0.1) is 6.92 Å². The highest BCUT2D eigenvalue weighted by Crippen LogP contribution is 2.23. The van der Waals surface area contributed by atoms with Gasteiger partial charge in [-0.2, -0.15) is 0 Å². The summed E-state index contributed by atoms with van der Waals surface area (Å²) in [6, 6.07) is 4.08. The Morgan fingerprint density at radius 1 is 1.28 bits per heavy atom. The lowest BCUT2D eigenvalue weighted by Crippen LogP contribution is -2.52. The van der Waals surface area contributed by atoms with Gasteiger partial charge >= 0.3 is 0 Å². The summed E-state index contributed by atoms with van der Waals surface area (Å²) in [5, 5.41) is 11.7. The lowest BCUT2D eigenvalue weighted by Gasteiger charge is -2.36. The number of piperazine rings is 1. The summed E-state index contributed by atoms with van der Waals surface area (Å²) in [4.78, 5) is 10.5. The van der Waals surface area contributed by atoms with Crippen LogP contribution in [0.1, 0.15) is 16.5 Å². The van der Waals surface area contributed by atoms with Gasteiger partial charge in [-0.3, -0.25) is 9.89 Å². The number of hydrogen-bond donors (Lipinski definition) is 1. The van der Waals surface area contributed by atoms with Gasteiger partial charge in [-0.1, -0.05) is 11.6 Å². The average Bonchev–Trinajstić information content (AvgIpc) is 3.16. The first-order valence-corrected chi connectivity index (χ1v) is 9.53. The summed E-state index contributed by atoms with van der Waals surface area (Å²) < 4.78 is 2.85. The zero-order valence-corrected chi connectivity index (χ0v) is 16.4. The number of aromatic nitrogens is 3. The van der Waals surface area contributed by atoms with Crippen molar-refractivity contribution in [1.82, 2.24) is 29.9 Å². The fourth-order valence-electron chi connectivity index (χ4n) is 2.87. The Labute approximate surface area is 157 Å². The molecule has 0 bridgehead atoms. The van der Waals surface area contributed by atoms with E-state index < -0.39 is 0 Å². The number of nitrogens with one attached hydrogen (secondary N) is 1. The molecule has 0 unspecified atom stereocenters. The highest BCUT2D eigenvalue weighted by atomic mass is 35.5. The van der Waals surface area contributed by atoms with E-state index in [2.05, 4.69) is 36.4 Å². The number of halogens is 1. The van der Waals surface area contributed by atoms with Crippen LogP contribution in [-0.2, 0) is 20.1 Å². The molecule has 0 saturated carbocycles. The maximum Gasteiger partial charge on any atom is 0.194 e. The standard InChI is InChI=1S/C16H24ClN7S/c1-12-20-21-15(22(12)3)10-19-16(18-2)24-8-6-23(7-9-24)11-13-4-5-14(17)25-13/h4-5H,6-11H2,1-3H3,(H,18,19). The van der Waals surface area contributed by atoms with E-state index in [-0.39, 0.29) is 0 Å². The second kappa shape index (κ2) is 8.16. The second-order valence-electron chi connectivity index (χ2n) is 6.09. The third-order valence-electron chi connectivity index (χ3n) is 4.48. The molecule has 0 spiro atoms. The number of aliphatic imine (C=N–C) groups is 1. The molecule has 2 aromatic rings. The van der Waals surface area contributed by atoms with E-state index in [1.807, 2.05) is 31.7 Å². The Kier molecular flexibility index (Phi) is 5.93. The third-order valence-corrected chi connectivity index (χ3v) is 5.70. The van der Waals surface area contributed by atoms with E-state index >= 15 is 0 Å². The molecule has 136 valence electrons. The summed E-state index contributed by atoms with van der Waals surface area (Å²) in [5.41, 5.74) is 0. The minimum absolute atomic E-state index is 0.623. The van der Waals surface area contributed by atoms with Gasteiger partial charge in [-0.25, -0.2) is 0 Å². The molecule has 0 radical (unpaired) electrons. The maximum atomic E-state index is 6.02. The van der Waals surface area contributed by atoms with Crippen molar-refractivity contribution in [3.8, 4) is 0 Å². The zero-order valence-electron chi connectivity index (χ0n) is 14.9. The molecule has 3 heterocycles. The lowest BCUT2D eigenvalue weighted by molar-refractivity contribution is 0.173. The minimum atomic E-state index is 0.623. The van der Waals surface area contributed by atoms with Gasteiger partial charge in [0, 0.05) is 51.7 Å². The third kappa shape index (κ3) is 4.50. The molecule has 0 aliphatic carbocycles. The lowest BCUT2D eigenvalue weighted by atomic mass is 10.3. The number of hydrogen-bond acceptors (Lipinski definition) is 5. The molecule has 7 nitrogen and oxygen atoms in total. The van der Waals surface area contributed by atoms with Gasteiger partial charge in [-0.05, 0) is 19.1 Å². The maximum absolute atomic E-state index is 6.02. The van der Waals surface area contributed by atoms with Gasteiger partial charge in [-0.15, -0.1) is 21.5 Å². The molecule has 0 aromatic carbocycles. The van der Waals surface area contributed by atoms with Gasteiger partial charge in [0.25, 0.3) is 0 Å². The molecule has 0 amide bonds. The Bertz CT molecular complexity index is 731. The topological polar surface area (TPSA) is 61.6 Å². The Morgan fingerprint density at radius 2 is 2.04 bits per heavy atom. The van der Waals surface area contributed by atoms with E-state index in [4.69, 9.17) is 11.6 Å². The van der Waals surface area contributed by atoms with Crippen molar-refractivity contribution < 1.29 is 0 Å². The van der Waals surface area contributed by atoms with Gasteiger partial charge < -0.3 is 14.8 Å². The van der Waals surface area contributed by atoms with E-state index in [1.54, 1.807) is 11.3 Å². The summed E-state index contributed by atoms with van der Waals surface area (Å²) in [7, 11) is 3.80. The van der Waals surface area contributed by atoms with Crippen molar-refractivity contribution in [1.29, 1.82) is 0 Å². The molecular formula is C16H24ClN7S. The van der Waals surface area contributed by atoms with Crippen molar-refractivity contribution >= 4 is 28.9 Å². The molecule has 2 aromatic heterocycles. The Balaban J connectivity index is 1.49. The van der Waals surface area contributed by atoms with Crippen LogP contribution >= 0.6 is 22.9 Å². The molecule has 1 fully saturated rings. The first-order chi connectivity index (χ1) is 12.1. The molecule has 3 rings (SSSR count). The van der Waals surface area contributed by atoms with Crippen LogP contribution in [0.25, 0.3) is 0 Å². The molecule has 0 atom stereocenters. The quantitative estimate of drug-likeness (QED) is 0.645. The largest absolute Gasteiger partial charge is 0.349 e. The molecule has 1 aliphatic rings. The highest BCUT2D eigenvalue weighted by molar-refractivity contribution is 7.16.